The fourth-order valence-corrected chi connectivity index (χ4v) is 1.81. The maximum Gasteiger partial charge on any atom is 0.236 e. The number of halogens is 1. The van der Waals surface area contributed by atoms with Gasteiger partial charge in [-0.05, 0) is 44.4 Å². The van der Waals surface area contributed by atoms with E-state index in [-0.39, 0.29) is 18.3 Å². The van der Waals surface area contributed by atoms with E-state index in [0.29, 0.717) is 13.2 Å². The molecule has 21 heavy (non-hydrogen) atoms. The number of nitrogens with one attached hydrogen (secondary N) is 1. The molecule has 0 radical (unpaired) electrons. The molecule has 1 rings (SSSR count). The van der Waals surface area contributed by atoms with E-state index in [2.05, 4.69) is 5.32 Å². The molecule has 1 aromatic rings. The van der Waals surface area contributed by atoms with Crippen molar-refractivity contribution in [1.29, 1.82) is 0 Å². The van der Waals surface area contributed by atoms with Crippen LogP contribution >= 0.6 is 12.4 Å². The second-order valence-electron chi connectivity index (χ2n) is 4.60. The van der Waals surface area contributed by atoms with Crippen LogP contribution in [-0.2, 0) is 11.2 Å². The first-order valence-electron chi connectivity index (χ1n) is 6.91. The molecule has 0 bridgehead atoms. The third kappa shape index (κ3) is 6.69. The fourth-order valence-electron chi connectivity index (χ4n) is 1.81. The zero-order valence-corrected chi connectivity index (χ0v) is 13.7. The Bertz CT molecular complexity index is 439. The summed E-state index contributed by atoms with van der Waals surface area (Å²) in [5.74, 6) is 1.38. The lowest BCUT2D eigenvalue weighted by Crippen LogP contribution is -2.38. The standard InChI is InChI=1S/C15H24N2O3.ClH/c1-4-20-14-10-12(7-8-13(14)19-3)6-5-9-17-15(18)11(2)16;/h7-8,10-11H,4-6,9,16H2,1-3H3,(H,17,18);1H/t11-;/m0./s1. The van der Waals surface area contributed by atoms with Crippen LogP contribution < -0.4 is 20.5 Å². The van der Waals surface area contributed by atoms with Crippen molar-refractivity contribution in [2.75, 3.05) is 20.3 Å². The van der Waals surface area contributed by atoms with E-state index in [1.54, 1.807) is 14.0 Å². The molecule has 6 heteroatoms. The van der Waals surface area contributed by atoms with Crippen LogP contribution in [-0.4, -0.2) is 32.2 Å². The number of nitrogens with two attached hydrogens (primary N) is 1. The van der Waals surface area contributed by atoms with Crippen LogP contribution in [0, 0.1) is 0 Å². The van der Waals surface area contributed by atoms with E-state index < -0.39 is 6.04 Å². The smallest absolute Gasteiger partial charge is 0.236 e. The van der Waals surface area contributed by atoms with Crippen LogP contribution in [0.5, 0.6) is 11.5 Å². The molecular formula is C15H25ClN2O3. The van der Waals surface area contributed by atoms with Crippen LogP contribution in [0.15, 0.2) is 18.2 Å². The van der Waals surface area contributed by atoms with Crippen molar-refractivity contribution in [3.05, 3.63) is 23.8 Å². The van der Waals surface area contributed by atoms with Gasteiger partial charge in [0.2, 0.25) is 5.91 Å². The predicted octanol–water partition coefficient (Wildman–Crippen LogP) is 1.91. The van der Waals surface area contributed by atoms with Crippen LogP contribution in [0.2, 0.25) is 0 Å². The normalized spacial score (nSPS) is 11.2. The number of methoxy groups -OCH3 is 1. The maximum atomic E-state index is 11.3. The van der Waals surface area contributed by atoms with Crippen LogP contribution in [0.25, 0.3) is 0 Å². The minimum Gasteiger partial charge on any atom is -0.493 e. The molecule has 0 spiro atoms. The van der Waals surface area contributed by atoms with E-state index in [0.717, 1.165) is 29.9 Å². The Balaban J connectivity index is 0.00000400. The highest BCUT2D eigenvalue weighted by Gasteiger charge is 2.07. The summed E-state index contributed by atoms with van der Waals surface area (Å²) in [5.41, 5.74) is 6.63. The zero-order valence-electron chi connectivity index (χ0n) is 12.8. The Morgan fingerprint density at radius 3 is 2.67 bits per heavy atom. The van der Waals surface area contributed by atoms with Gasteiger partial charge in [0.1, 0.15) is 0 Å². The molecule has 0 unspecified atom stereocenters. The van der Waals surface area contributed by atoms with Crippen LogP contribution in [0.4, 0.5) is 0 Å². The molecule has 3 N–H and O–H groups in total. The van der Waals surface area contributed by atoms with Gasteiger partial charge in [-0.1, -0.05) is 6.07 Å². The summed E-state index contributed by atoms with van der Waals surface area (Å²) in [4.78, 5) is 11.3. The molecule has 1 aromatic carbocycles. The predicted molar refractivity (Wildman–Crippen MR) is 86.4 cm³/mol. The van der Waals surface area contributed by atoms with Crippen molar-refractivity contribution in [2.45, 2.75) is 32.7 Å². The van der Waals surface area contributed by atoms with Gasteiger partial charge in [-0.25, -0.2) is 0 Å². The number of carbonyl (C=O) groups is 1. The van der Waals surface area contributed by atoms with Gasteiger partial charge in [0, 0.05) is 6.54 Å². The lowest BCUT2D eigenvalue weighted by molar-refractivity contribution is -0.121. The van der Waals surface area contributed by atoms with Crippen molar-refractivity contribution in [3.63, 3.8) is 0 Å². The van der Waals surface area contributed by atoms with Gasteiger partial charge in [0.05, 0.1) is 19.8 Å². The van der Waals surface area contributed by atoms with E-state index in [4.69, 9.17) is 15.2 Å². The average molecular weight is 317 g/mol. The van der Waals surface area contributed by atoms with Crippen molar-refractivity contribution < 1.29 is 14.3 Å². The lowest BCUT2D eigenvalue weighted by atomic mass is 10.1. The first-order chi connectivity index (χ1) is 9.58. The van der Waals surface area contributed by atoms with Crippen molar-refractivity contribution in [2.24, 2.45) is 5.73 Å². The van der Waals surface area contributed by atoms with Gasteiger partial charge in [-0.2, -0.15) is 0 Å². The summed E-state index contributed by atoms with van der Waals surface area (Å²) < 4.78 is 10.8. The van der Waals surface area contributed by atoms with Gasteiger partial charge in [-0.3, -0.25) is 4.79 Å². The molecule has 1 amide bonds. The fraction of sp³-hybridized carbons (Fsp3) is 0.533. The largest absolute Gasteiger partial charge is 0.493 e. The molecular weight excluding hydrogens is 292 g/mol. The highest BCUT2D eigenvalue weighted by Crippen LogP contribution is 2.28. The van der Waals surface area contributed by atoms with Crippen LogP contribution in [0.1, 0.15) is 25.8 Å². The van der Waals surface area contributed by atoms with E-state index >= 15 is 0 Å². The van der Waals surface area contributed by atoms with Gasteiger partial charge in [0.15, 0.2) is 11.5 Å². The summed E-state index contributed by atoms with van der Waals surface area (Å²) >= 11 is 0. The maximum absolute atomic E-state index is 11.3. The first kappa shape index (κ1) is 19.5. The Kier molecular flexibility index (Phi) is 9.58. The van der Waals surface area contributed by atoms with Crippen molar-refractivity contribution >= 4 is 18.3 Å². The van der Waals surface area contributed by atoms with Gasteiger partial charge in [0.25, 0.3) is 0 Å². The topological polar surface area (TPSA) is 73.6 Å². The molecule has 0 aliphatic heterocycles. The Labute approximate surface area is 132 Å². The number of ether oxygens (including phenoxy) is 2. The molecule has 0 aromatic heterocycles. The minimum absolute atomic E-state index is 0. The number of benzene rings is 1. The number of hydrogen-bond acceptors (Lipinski definition) is 4. The van der Waals surface area contributed by atoms with Gasteiger partial charge >= 0.3 is 0 Å². The second-order valence-corrected chi connectivity index (χ2v) is 4.60. The molecule has 120 valence electrons. The Morgan fingerprint density at radius 1 is 1.38 bits per heavy atom. The lowest BCUT2D eigenvalue weighted by Gasteiger charge is -2.11. The third-order valence-electron chi connectivity index (χ3n) is 2.88. The summed E-state index contributed by atoms with van der Waals surface area (Å²) in [6.07, 6.45) is 1.72. The van der Waals surface area contributed by atoms with E-state index in [1.165, 1.54) is 0 Å². The number of rotatable bonds is 8. The molecule has 0 aliphatic carbocycles. The Morgan fingerprint density at radius 2 is 2.10 bits per heavy atom. The molecule has 5 nitrogen and oxygen atoms in total. The van der Waals surface area contributed by atoms with Crippen LogP contribution in [0.3, 0.4) is 0 Å². The molecule has 0 saturated carbocycles. The van der Waals surface area contributed by atoms with Crippen molar-refractivity contribution in [3.8, 4) is 11.5 Å². The average Bonchev–Trinajstić information content (AvgIpc) is 2.44. The quantitative estimate of drug-likeness (QED) is 0.719. The first-order valence-corrected chi connectivity index (χ1v) is 6.91. The van der Waals surface area contributed by atoms with Gasteiger partial charge < -0.3 is 20.5 Å². The summed E-state index contributed by atoms with van der Waals surface area (Å²) in [6.45, 7) is 4.84. The minimum atomic E-state index is -0.458. The second kappa shape index (κ2) is 10.3. The van der Waals surface area contributed by atoms with E-state index in [9.17, 15) is 4.79 Å². The number of hydrogen-bond donors (Lipinski definition) is 2. The molecule has 0 aliphatic rings. The molecule has 1 atom stereocenters. The third-order valence-corrected chi connectivity index (χ3v) is 2.88. The zero-order chi connectivity index (χ0) is 15.0. The van der Waals surface area contributed by atoms with E-state index in [1.807, 2.05) is 25.1 Å². The summed E-state index contributed by atoms with van der Waals surface area (Å²) in [5, 5.41) is 2.79. The SMILES string of the molecule is CCOc1cc(CCCNC(=O)[C@H](C)N)ccc1OC.Cl. The molecule has 0 saturated heterocycles. The highest BCUT2D eigenvalue weighted by molar-refractivity contribution is 5.85. The monoisotopic (exact) mass is 316 g/mol. The number of amides is 1. The van der Waals surface area contributed by atoms with Gasteiger partial charge in [-0.15, -0.1) is 12.4 Å². The summed E-state index contributed by atoms with van der Waals surface area (Å²) in [6, 6.07) is 5.44. The Hall–Kier alpha value is -1.46. The highest BCUT2D eigenvalue weighted by atomic mass is 35.5. The number of aryl methyl sites for hydroxylation is 1. The molecule has 0 heterocycles. The summed E-state index contributed by atoms with van der Waals surface area (Å²) in [7, 11) is 1.63. The number of carbonyl (C=O) groups excluding carboxylic acids is 1. The molecule has 0 fully saturated rings. The van der Waals surface area contributed by atoms with Crippen molar-refractivity contribution in [1.82, 2.24) is 5.32 Å².